The van der Waals surface area contributed by atoms with Crippen LogP contribution in [0.25, 0.3) is 0 Å². The van der Waals surface area contributed by atoms with Crippen molar-refractivity contribution in [2.75, 3.05) is 13.2 Å². The number of amides is 1. The molecule has 0 N–H and O–H groups in total. The van der Waals surface area contributed by atoms with Crippen molar-refractivity contribution in [2.45, 2.75) is 39.8 Å². The molecule has 3 heterocycles. The molecule has 1 fully saturated rings. The third-order valence-corrected chi connectivity index (χ3v) is 5.65. The van der Waals surface area contributed by atoms with Crippen molar-refractivity contribution in [1.82, 2.24) is 4.90 Å². The summed E-state index contributed by atoms with van der Waals surface area (Å²) in [5.41, 5.74) is 0.583. The zero-order chi connectivity index (χ0) is 24.2. The molecule has 8 heteroatoms. The number of Topliss-reactive ketones (excluding diaryl/α,β-unsaturated/α-hetero) is 2. The standard InChI is InChI=1S/C26H27NO7/c1-4-12-33-19-11-9-17(14-21(19)31-5-2)23-22(24(28)20-10-8-16(3)34-20)25(29)26(30)27(23)15-18-7-6-13-32-18/h6-11,13-14,22-23H,4-5,12,15H2,1-3H3. The zero-order valence-corrected chi connectivity index (χ0v) is 19.4. The Morgan fingerprint density at radius 1 is 1.06 bits per heavy atom. The number of hydrogen-bond donors (Lipinski definition) is 0. The molecule has 178 valence electrons. The van der Waals surface area contributed by atoms with E-state index in [9.17, 15) is 14.4 Å². The molecule has 1 aromatic carbocycles. The molecule has 2 atom stereocenters. The van der Waals surface area contributed by atoms with Gasteiger partial charge in [-0.25, -0.2) is 0 Å². The highest BCUT2D eigenvalue weighted by Crippen LogP contribution is 2.42. The molecule has 0 saturated carbocycles. The van der Waals surface area contributed by atoms with Gasteiger partial charge in [0.25, 0.3) is 5.91 Å². The lowest BCUT2D eigenvalue weighted by Crippen LogP contribution is -2.30. The average molecular weight is 466 g/mol. The van der Waals surface area contributed by atoms with E-state index in [4.69, 9.17) is 18.3 Å². The van der Waals surface area contributed by atoms with E-state index in [2.05, 4.69) is 0 Å². The van der Waals surface area contributed by atoms with Crippen LogP contribution in [0.15, 0.2) is 57.6 Å². The molecule has 2 aromatic heterocycles. The smallest absolute Gasteiger partial charge is 0.291 e. The van der Waals surface area contributed by atoms with E-state index >= 15 is 0 Å². The van der Waals surface area contributed by atoms with E-state index in [1.54, 1.807) is 43.3 Å². The third kappa shape index (κ3) is 4.48. The topological polar surface area (TPSA) is 99.2 Å². The Balaban J connectivity index is 1.78. The highest BCUT2D eigenvalue weighted by molar-refractivity contribution is 6.43. The van der Waals surface area contributed by atoms with Crippen molar-refractivity contribution >= 4 is 17.5 Å². The second-order valence-corrected chi connectivity index (χ2v) is 8.06. The number of nitrogens with zero attached hydrogens (tertiary/aromatic N) is 1. The monoisotopic (exact) mass is 465 g/mol. The number of benzene rings is 1. The van der Waals surface area contributed by atoms with Gasteiger partial charge in [-0.2, -0.15) is 0 Å². The molecule has 1 aliphatic rings. The summed E-state index contributed by atoms with van der Waals surface area (Å²) >= 11 is 0. The number of rotatable bonds is 10. The minimum atomic E-state index is -1.26. The predicted molar refractivity (Wildman–Crippen MR) is 122 cm³/mol. The number of carbonyl (C=O) groups is 3. The van der Waals surface area contributed by atoms with Gasteiger partial charge in [-0.15, -0.1) is 0 Å². The molecule has 34 heavy (non-hydrogen) atoms. The summed E-state index contributed by atoms with van der Waals surface area (Å²) in [7, 11) is 0. The second kappa shape index (κ2) is 9.99. The maximum absolute atomic E-state index is 13.4. The highest BCUT2D eigenvalue weighted by Gasteiger charge is 2.52. The lowest BCUT2D eigenvalue weighted by Gasteiger charge is -2.27. The van der Waals surface area contributed by atoms with Gasteiger partial charge in [0.05, 0.1) is 32.1 Å². The van der Waals surface area contributed by atoms with Crippen LogP contribution in [0.5, 0.6) is 11.5 Å². The van der Waals surface area contributed by atoms with Crippen LogP contribution < -0.4 is 9.47 Å². The molecule has 4 rings (SSSR count). The minimum absolute atomic E-state index is 0.0429. The van der Waals surface area contributed by atoms with Crippen molar-refractivity contribution in [3.8, 4) is 11.5 Å². The summed E-state index contributed by atoms with van der Waals surface area (Å²) in [6, 6.07) is 11.0. The first-order valence-electron chi connectivity index (χ1n) is 11.3. The van der Waals surface area contributed by atoms with E-state index in [1.165, 1.54) is 17.2 Å². The van der Waals surface area contributed by atoms with E-state index in [1.807, 2.05) is 13.8 Å². The highest BCUT2D eigenvalue weighted by atomic mass is 16.5. The Hall–Kier alpha value is -3.81. The van der Waals surface area contributed by atoms with E-state index in [0.717, 1.165) is 6.42 Å². The molecular formula is C26H27NO7. The molecule has 0 aliphatic carbocycles. The summed E-state index contributed by atoms with van der Waals surface area (Å²) in [6.45, 7) is 6.53. The van der Waals surface area contributed by atoms with Crippen LogP contribution in [0.3, 0.4) is 0 Å². The van der Waals surface area contributed by atoms with Gasteiger partial charge in [0.15, 0.2) is 17.3 Å². The van der Waals surface area contributed by atoms with Crippen LogP contribution in [0.4, 0.5) is 0 Å². The number of aryl methyl sites for hydroxylation is 1. The van der Waals surface area contributed by atoms with Crippen LogP contribution in [0.2, 0.25) is 0 Å². The second-order valence-electron chi connectivity index (χ2n) is 8.06. The number of ketones is 2. The Labute approximate surface area is 197 Å². The first-order chi connectivity index (χ1) is 16.4. The molecular weight excluding hydrogens is 438 g/mol. The van der Waals surface area contributed by atoms with Gasteiger partial charge in [-0.1, -0.05) is 13.0 Å². The Bertz CT molecular complexity index is 1180. The Morgan fingerprint density at radius 3 is 2.53 bits per heavy atom. The van der Waals surface area contributed by atoms with Crippen LogP contribution in [0.1, 0.15) is 53.9 Å². The summed E-state index contributed by atoms with van der Waals surface area (Å²) in [4.78, 5) is 41.0. The van der Waals surface area contributed by atoms with Crippen molar-refractivity contribution in [1.29, 1.82) is 0 Å². The summed E-state index contributed by atoms with van der Waals surface area (Å²) in [6.07, 6.45) is 2.32. The molecule has 8 nitrogen and oxygen atoms in total. The van der Waals surface area contributed by atoms with Gasteiger partial charge >= 0.3 is 0 Å². The van der Waals surface area contributed by atoms with Crippen molar-refractivity contribution in [3.05, 3.63) is 71.6 Å². The van der Waals surface area contributed by atoms with E-state index in [-0.39, 0.29) is 12.3 Å². The zero-order valence-electron chi connectivity index (χ0n) is 19.4. The lowest BCUT2D eigenvalue weighted by atomic mass is 9.88. The first-order valence-corrected chi connectivity index (χ1v) is 11.3. The normalized spacial score (nSPS) is 17.9. The number of hydrogen-bond acceptors (Lipinski definition) is 7. The fourth-order valence-electron chi connectivity index (χ4n) is 4.13. The molecule has 3 aromatic rings. The average Bonchev–Trinajstić information content (AvgIpc) is 3.55. The van der Waals surface area contributed by atoms with Gasteiger partial charge in [0.2, 0.25) is 11.6 Å². The molecule has 2 unspecified atom stereocenters. The molecule has 1 saturated heterocycles. The summed E-state index contributed by atoms with van der Waals surface area (Å²) < 4.78 is 22.5. The number of ether oxygens (including phenoxy) is 2. The maximum atomic E-state index is 13.4. The first kappa shape index (κ1) is 23.4. The largest absolute Gasteiger partial charge is 0.490 e. The fourth-order valence-corrected chi connectivity index (χ4v) is 4.13. The summed E-state index contributed by atoms with van der Waals surface area (Å²) in [5, 5.41) is 0. The van der Waals surface area contributed by atoms with Crippen LogP contribution >= 0.6 is 0 Å². The van der Waals surface area contributed by atoms with Crippen molar-refractivity contribution < 1.29 is 32.7 Å². The van der Waals surface area contributed by atoms with Crippen molar-refractivity contribution in [3.63, 3.8) is 0 Å². The van der Waals surface area contributed by atoms with Gasteiger partial charge in [0.1, 0.15) is 17.4 Å². The summed E-state index contributed by atoms with van der Waals surface area (Å²) in [5.74, 6) is -1.19. The lowest BCUT2D eigenvalue weighted by molar-refractivity contribution is -0.141. The van der Waals surface area contributed by atoms with Crippen LogP contribution in [-0.2, 0) is 16.1 Å². The van der Waals surface area contributed by atoms with Crippen LogP contribution in [-0.4, -0.2) is 35.6 Å². The fraction of sp³-hybridized carbons (Fsp3) is 0.346. The number of likely N-dealkylation sites (tertiary alicyclic amines) is 1. The Kier molecular flexibility index (Phi) is 6.86. The third-order valence-electron chi connectivity index (χ3n) is 5.65. The minimum Gasteiger partial charge on any atom is -0.490 e. The molecule has 1 amide bonds. The SMILES string of the molecule is CCCOc1ccc(C2C(C(=O)c3ccc(C)o3)C(=O)C(=O)N2Cc2ccco2)cc1OCC. The van der Waals surface area contributed by atoms with E-state index < -0.39 is 29.4 Å². The molecule has 0 radical (unpaired) electrons. The van der Waals surface area contributed by atoms with E-state index in [0.29, 0.717) is 41.8 Å². The maximum Gasteiger partial charge on any atom is 0.291 e. The van der Waals surface area contributed by atoms with Gasteiger partial charge in [0, 0.05) is 0 Å². The predicted octanol–water partition coefficient (Wildman–Crippen LogP) is 4.52. The number of furan rings is 2. The quantitative estimate of drug-likeness (QED) is 0.247. The van der Waals surface area contributed by atoms with Crippen LogP contribution in [0, 0.1) is 12.8 Å². The van der Waals surface area contributed by atoms with Crippen molar-refractivity contribution in [2.24, 2.45) is 5.92 Å². The van der Waals surface area contributed by atoms with Gasteiger partial charge in [-0.05, 0) is 62.2 Å². The molecule has 0 bridgehead atoms. The number of carbonyl (C=O) groups excluding carboxylic acids is 3. The Morgan fingerprint density at radius 2 is 1.88 bits per heavy atom. The molecule has 1 aliphatic heterocycles. The van der Waals surface area contributed by atoms with Gasteiger partial charge < -0.3 is 23.2 Å². The molecule has 0 spiro atoms. The van der Waals surface area contributed by atoms with Gasteiger partial charge in [-0.3, -0.25) is 14.4 Å².